The molecule has 1 amide bonds. The van der Waals surface area contributed by atoms with Crippen LogP contribution in [0.3, 0.4) is 0 Å². The van der Waals surface area contributed by atoms with Gasteiger partial charge in [-0.2, -0.15) is 10.5 Å². The van der Waals surface area contributed by atoms with Gasteiger partial charge in [-0.05, 0) is 41.5 Å². The molecule has 0 aliphatic rings. The summed E-state index contributed by atoms with van der Waals surface area (Å²) in [5, 5.41) is 18.3. The average molecular weight is 406 g/mol. The van der Waals surface area contributed by atoms with Crippen molar-refractivity contribution in [2.45, 2.75) is 6.42 Å². The second-order valence-corrected chi connectivity index (χ2v) is 6.48. The van der Waals surface area contributed by atoms with E-state index in [-0.39, 0.29) is 39.6 Å². The molecular weight excluding hydrogens is 393 g/mol. The van der Waals surface area contributed by atoms with Crippen molar-refractivity contribution in [2.24, 2.45) is 5.73 Å². The lowest BCUT2D eigenvalue weighted by atomic mass is 9.97. The van der Waals surface area contributed by atoms with Crippen molar-refractivity contribution in [3.63, 3.8) is 0 Å². The van der Waals surface area contributed by atoms with Crippen LogP contribution in [0, 0.1) is 28.5 Å². The van der Waals surface area contributed by atoms with E-state index < -0.39 is 11.7 Å². The number of primary amides is 1. The highest BCUT2D eigenvalue weighted by molar-refractivity contribution is 6.32. The Morgan fingerprint density at radius 3 is 2.52 bits per heavy atom. The maximum Gasteiger partial charge on any atom is 0.221 e. The van der Waals surface area contributed by atoms with E-state index in [0.717, 1.165) is 0 Å². The van der Waals surface area contributed by atoms with E-state index in [2.05, 4.69) is 0 Å². The Labute approximate surface area is 171 Å². The van der Waals surface area contributed by atoms with E-state index >= 15 is 4.39 Å². The smallest absolute Gasteiger partial charge is 0.221 e. The maximum atomic E-state index is 15.4. The van der Waals surface area contributed by atoms with Gasteiger partial charge in [0.25, 0.3) is 0 Å². The first-order chi connectivity index (χ1) is 13.9. The lowest BCUT2D eigenvalue weighted by Crippen LogP contribution is -2.14. The third kappa shape index (κ3) is 4.19. The molecular formula is C22H13ClFN3O2. The minimum Gasteiger partial charge on any atom is -0.451 e. The van der Waals surface area contributed by atoms with Crippen LogP contribution in [0.15, 0.2) is 54.6 Å². The molecule has 7 heteroatoms. The Bertz CT molecular complexity index is 1200. The van der Waals surface area contributed by atoms with E-state index in [0.29, 0.717) is 11.1 Å². The molecule has 0 aliphatic heterocycles. The molecule has 3 aromatic carbocycles. The minimum absolute atomic E-state index is 0.00919. The molecule has 5 nitrogen and oxygen atoms in total. The van der Waals surface area contributed by atoms with Gasteiger partial charge in [-0.1, -0.05) is 35.9 Å². The van der Waals surface area contributed by atoms with Gasteiger partial charge in [0.1, 0.15) is 11.8 Å². The van der Waals surface area contributed by atoms with Crippen LogP contribution >= 0.6 is 11.6 Å². The Balaban J connectivity index is 2.13. The van der Waals surface area contributed by atoms with Crippen LogP contribution in [0.4, 0.5) is 4.39 Å². The highest BCUT2D eigenvalue weighted by Crippen LogP contribution is 2.39. The normalized spacial score (nSPS) is 10.1. The Kier molecular flexibility index (Phi) is 5.78. The molecule has 0 saturated heterocycles. The second-order valence-electron chi connectivity index (χ2n) is 6.07. The fourth-order valence-corrected chi connectivity index (χ4v) is 3.02. The first-order valence-electron chi connectivity index (χ1n) is 8.41. The predicted octanol–water partition coefficient (Wildman–Crippen LogP) is 4.71. The third-order valence-corrected chi connectivity index (χ3v) is 4.46. The summed E-state index contributed by atoms with van der Waals surface area (Å²) in [5.74, 6) is -1.59. The van der Waals surface area contributed by atoms with Gasteiger partial charge in [0.2, 0.25) is 5.91 Å². The first kappa shape index (κ1) is 19.9. The predicted molar refractivity (Wildman–Crippen MR) is 106 cm³/mol. The topological polar surface area (TPSA) is 99.9 Å². The Morgan fingerprint density at radius 2 is 1.83 bits per heavy atom. The van der Waals surface area contributed by atoms with E-state index in [4.69, 9.17) is 27.3 Å². The zero-order valence-corrected chi connectivity index (χ0v) is 15.7. The summed E-state index contributed by atoms with van der Waals surface area (Å²) in [6, 6.07) is 17.8. The number of nitrogens with zero attached hydrogens (tertiary/aromatic N) is 2. The van der Waals surface area contributed by atoms with E-state index in [1.54, 1.807) is 24.3 Å². The standard InChI is InChI=1S/C22H13ClFN3O2/c23-18-8-7-17(16-4-2-1-3-14(16)10-20(27)28)21(24)22(18)29-19-9-13(11-25)5-6-15(19)12-26/h1-9H,10H2,(H2,27,28). The van der Waals surface area contributed by atoms with Gasteiger partial charge in [0, 0.05) is 5.56 Å². The van der Waals surface area contributed by atoms with Gasteiger partial charge < -0.3 is 10.5 Å². The molecule has 29 heavy (non-hydrogen) atoms. The molecule has 2 N–H and O–H groups in total. The monoisotopic (exact) mass is 405 g/mol. The van der Waals surface area contributed by atoms with Gasteiger partial charge in [0.15, 0.2) is 11.6 Å². The largest absolute Gasteiger partial charge is 0.451 e. The summed E-state index contributed by atoms with van der Waals surface area (Å²) in [6.45, 7) is 0. The lowest BCUT2D eigenvalue weighted by molar-refractivity contribution is -0.117. The van der Waals surface area contributed by atoms with E-state index in [9.17, 15) is 10.1 Å². The van der Waals surface area contributed by atoms with E-state index in [1.165, 1.54) is 30.3 Å². The number of carbonyl (C=O) groups is 1. The molecule has 0 bridgehead atoms. The first-order valence-corrected chi connectivity index (χ1v) is 8.79. The quantitative estimate of drug-likeness (QED) is 0.664. The van der Waals surface area contributed by atoms with Crippen LogP contribution < -0.4 is 10.5 Å². The third-order valence-electron chi connectivity index (χ3n) is 4.16. The fraction of sp³-hybridized carbons (Fsp3) is 0.0455. The van der Waals surface area contributed by atoms with Crippen LogP contribution in [-0.2, 0) is 11.2 Å². The molecule has 3 rings (SSSR count). The summed E-state index contributed by atoms with van der Waals surface area (Å²) >= 11 is 6.15. The van der Waals surface area contributed by atoms with Crippen LogP contribution in [0.2, 0.25) is 5.02 Å². The van der Waals surface area contributed by atoms with Gasteiger partial charge in [-0.25, -0.2) is 4.39 Å². The number of amides is 1. The molecule has 0 radical (unpaired) electrons. The number of benzene rings is 3. The molecule has 0 atom stereocenters. The summed E-state index contributed by atoms with van der Waals surface area (Å²) in [4.78, 5) is 11.4. The van der Waals surface area contributed by atoms with Crippen LogP contribution in [-0.4, -0.2) is 5.91 Å². The molecule has 0 heterocycles. The van der Waals surface area contributed by atoms with Crippen molar-refractivity contribution in [2.75, 3.05) is 0 Å². The van der Waals surface area contributed by atoms with Gasteiger partial charge in [0.05, 0.1) is 28.6 Å². The van der Waals surface area contributed by atoms with Crippen LogP contribution in [0.1, 0.15) is 16.7 Å². The number of halogens is 2. The number of nitrogens with two attached hydrogens (primary N) is 1. The zero-order valence-electron chi connectivity index (χ0n) is 14.9. The fourth-order valence-electron chi connectivity index (χ4n) is 2.84. The number of hydrogen-bond acceptors (Lipinski definition) is 4. The molecule has 0 fully saturated rings. The summed E-state index contributed by atoms with van der Waals surface area (Å²) in [7, 11) is 0. The Hall–Kier alpha value is -3.87. The summed E-state index contributed by atoms with van der Waals surface area (Å²) in [5.41, 5.74) is 6.85. The molecule has 0 aromatic heterocycles. The number of hydrogen-bond donors (Lipinski definition) is 1. The van der Waals surface area contributed by atoms with Gasteiger partial charge >= 0.3 is 0 Å². The minimum atomic E-state index is -0.763. The van der Waals surface area contributed by atoms with Gasteiger partial charge in [-0.15, -0.1) is 0 Å². The number of rotatable bonds is 5. The summed E-state index contributed by atoms with van der Waals surface area (Å²) < 4.78 is 21.0. The maximum absolute atomic E-state index is 15.4. The van der Waals surface area contributed by atoms with Crippen molar-refractivity contribution in [1.82, 2.24) is 0 Å². The van der Waals surface area contributed by atoms with Crippen molar-refractivity contribution >= 4 is 17.5 Å². The average Bonchev–Trinajstić information content (AvgIpc) is 2.71. The van der Waals surface area contributed by atoms with Crippen molar-refractivity contribution in [3.05, 3.63) is 82.1 Å². The van der Waals surface area contributed by atoms with Crippen molar-refractivity contribution < 1.29 is 13.9 Å². The molecule has 0 spiro atoms. The van der Waals surface area contributed by atoms with Crippen molar-refractivity contribution in [1.29, 1.82) is 10.5 Å². The lowest BCUT2D eigenvalue weighted by Gasteiger charge is -2.15. The molecule has 0 saturated carbocycles. The SMILES string of the molecule is N#Cc1ccc(C#N)c(Oc2c(Cl)ccc(-c3ccccc3CC(N)=O)c2F)c1. The zero-order chi connectivity index (χ0) is 21.0. The molecule has 3 aromatic rings. The van der Waals surface area contributed by atoms with Crippen molar-refractivity contribution in [3.8, 4) is 34.8 Å². The Morgan fingerprint density at radius 1 is 1.07 bits per heavy atom. The van der Waals surface area contributed by atoms with E-state index in [1.807, 2.05) is 12.1 Å². The molecule has 142 valence electrons. The molecule has 0 aliphatic carbocycles. The van der Waals surface area contributed by atoms with Crippen LogP contribution in [0.5, 0.6) is 11.5 Å². The number of nitriles is 2. The molecule has 0 unspecified atom stereocenters. The number of ether oxygens (including phenoxy) is 1. The second kappa shape index (κ2) is 8.43. The number of carbonyl (C=O) groups excluding carboxylic acids is 1. The highest BCUT2D eigenvalue weighted by Gasteiger charge is 2.19. The van der Waals surface area contributed by atoms with Crippen LogP contribution in [0.25, 0.3) is 11.1 Å². The summed E-state index contributed by atoms with van der Waals surface area (Å²) in [6.07, 6.45) is -0.0583. The highest BCUT2D eigenvalue weighted by atomic mass is 35.5. The van der Waals surface area contributed by atoms with Gasteiger partial charge in [-0.3, -0.25) is 4.79 Å².